The summed E-state index contributed by atoms with van der Waals surface area (Å²) >= 11 is 0. The lowest BCUT2D eigenvalue weighted by Gasteiger charge is -2.21. The molecular weight excluding hydrogens is 298 g/mol. The van der Waals surface area contributed by atoms with Crippen LogP contribution in [0.5, 0.6) is 11.5 Å². The molecule has 1 heterocycles. The Balaban J connectivity index is 1.86. The third kappa shape index (κ3) is 4.77. The molecule has 0 saturated heterocycles. The van der Waals surface area contributed by atoms with Crippen LogP contribution in [0.2, 0.25) is 0 Å². The average molecular weight is 321 g/mol. The number of amides is 3. The van der Waals surface area contributed by atoms with E-state index in [1.807, 2.05) is 32.0 Å². The normalized spacial score (nSPS) is 14.2. The van der Waals surface area contributed by atoms with E-state index in [0.29, 0.717) is 26.2 Å². The lowest BCUT2D eigenvalue weighted by molar-refractivity contribution is -0.123. The van der Waals surface area contributed by atoms with Gasteiger partial charge in [0.25, 0.3) is 0 Å². The van der Waals surface area contributed by atoms with Crippen molar-refractivity contribution in [2.45, 2.75) is 26.3 Å². The predicted octanol–water partition coefficient (Wildman–Crippen LogP) is 0.809. The number of fused-ring (bicyclic) bond motifs is 1. The van der Waals surface area contributed by atoms with Crippen molar-refractivity contribution < 1.29 is 19.1 Å². The molecule has 126 valence electrons. The molecule has 0 aliphatic carbocycles. The fraction of sp³-hybridized carbons (Fsp3) is 0.500. The summed E-state index contributed by atoms with van der Waals surface area (Å²) in [6, 6.07) is 4.40. The lowest BCUT2D eigenvalue weighted by atomic mass is 10.0. The monoisotopic (exact) mass is 321 g/mol. The average Bonchev–Trinajstić information content (AvgIpc) is 2.52. The van der Waals surface area contributed by atoms with E-state index < -0.39 is 12.1 Å². The minimum absolute atomic E-state index is 0.0446. The smallest absolute Gasteiger partial charge is 0.312 e. The highest BCUT2D eigenvalue weighted by Crippen LogP contribution is 2.30. The minimum Gasteiger partial charge on any atom is -0.486 e. The first kappa shape index (κ1) is 16.9. The highest BCUT2D eigenvalue weighted by Gasteiger charge is 2.22. The maximum absolute atomic E-state index is 12.1. The maximum atomic E-state index is 12.1. The fourth-order valence-electron chi connectivity index (χ4n) is 2.37. The second-order valence-corrected chi connectivity index (χ2v) is 5.75. The molecule has 0 fully saturated rings. The molecule has 0 spiro atoms. The quantitative estimate of drug-likeness (QED) is 0.721. The summed E-state index contributed by atoms with van der Waals surface area (Å²) in [7, 11) is 0. The summed E-state index contributed by atoms with van der Waals surface area (Å²) in [5.74, 6) is 1.19. The molecule has 0 aromatic heterocycles. The van der Waals surface area contributed by atoms with Gasteiger partial charge >= 0.3 is 6.03 Å². The second-order valence-electron chi connectivity index (χ2n) is 5.75. The zero-order chi connectivity index (χ0) is 16.8. The Hall–Kier alpha value is -2.44. The van der Waals surface area contributed by atoms with Crippen molar-refractivity contribution in [3.63, 3.8) is 0 Å². The molecule has 0 radical (unpaired) electrons. The number of urea groups is 1. The number of nitrogens with one attached hydrogen (secondary N) is 2. The Morgan fingerprint density at radius 1 is 1.22 bits per heavy atom. The molecule has 23 heavy (non-hydrogen) atoms. The van der Waals surface area contributed by atoms with Crippen LogP contribution in [0.3, 0.4) is 0 Å². The minimum atomic E-state index is -0.703. The number of nitrogens with two attached hydrogens (primary N) is 1. The van der Waals surface area contributed by atoms with E-state index in [-0.39, 0.29) is 11.8 Å². The number of benzene rings is 1. The van der Waals surface area contributed by atoms with Crippen LogP contribution in [0.25, 0.3) is 0 Å². The molecule has 0 unspecified atom stereocenters. The molecule has 2 rings (SSSR count). The molecule has 1 aliphatic heterocycles. The summed E-state index contributed by atoms with van der Waals surface area (Å²) in [4.78, 5) is 23.1. The number of carbonyl (C=O) groups is 2. The first-order chi connectivity index (χ1) is 11.0. The van der Waals surface area contributed by atoms with Crippen LogP contribution in [0.1, 0.15) is 19.4 Å². The van der Waals surface area contributed by atoms with E-state index in [4.69, 9.17) is 15.2 Å². The molecule has 3 amide bonds. The van der Waals surface area contributed by atoms with E-state index in [9.17, 15) is 9.59 Å². The van der Waals surface area contributed by atoms with Gasteiger partial charge in [-0.15, -0.1) is 0 Å². The summed E-state index contributed by atoms with van der Waals surface area (Å²) in [6.07, 6.45) is 0.657. The second kappa shape index (κ2) is 7.71. The van der Waals surface area contributed by atoms with Crippen LogP contribution < -0.4 is 25.8 Å². The molecule has 7 heteroatoms. The van der Waals surface area contributed by atoms with Crippen molar-refractivity contribution in [1.29, 1.82) is 0 Å². The third-order valence-electron chi connectivity index (χ3n) is 3.57. The van der Waals surface area contributed by atoms with Crippen molar-refractivity contribution in [2.24, 2.45) is 11.7 Å². The highest BCUT2D eigenvalue weighted by molar-refractivity contribution is 5.86. The van der Waals surface area contributed by atoms with E-state index in [1.54, 1.807) is 0 Å². The molecular formula is C16H23N3O4. The van der Waals surface area contributed by atoms with Crippen molar-refractivity contribution in [1.82, 2.24) is 10.6 Å². The zero-order valence-corrected chi connectivity index (χ0v) is 13.4. The van der Waals surface area contributed by atoms with Gasteiger partial charge in [0.1, 0.15) is 19.3 Å². The van der Waals surface area contributed by atoms with E-state index in [2.05, 4.69) is 10.6 Å². The number of rotatable bonds is 6. The van der Waals surface area contributed by atoms with Gasteiger partial charge in [0.2, 0.25) is 5.91 Å². The molecule has 0 saturated carbocycles. The Labute approximate surface area is 135 Å². The van der Waals surface area contributed by atoms with Gasteiger partial charge in [-0.2, -0.15) is 0 Å². The summed E-state index contributed by atoms with van der Waals surface area (Å²) in [6.45, 7) is 5.26. The molecule has 1 atom stereocenters. The standard InChI is InChI=1S/C16H23N3O4/c1-10(2)14(19-16(17)21)15(20)18-6-5-11-3-4-12-13(9-11)23-8-7-22-12/h3-4,9-10,14H,5-8H2,1-2H3,(H,18,20)(H3,17,19,21)/t14-/m1/s1. The van der Waals surface area contributed by atoms with Crippen molar-refractivity contribution in [2.75, 3.05) is 19.8 Å². The summed E-state index contributed by atoms with van der Waals surface area (Å²) < 4.78 is 11.0. The van der Waals surface area contributed by atoms with Crippen molar-refractivity contribution in [3.05, 3.63) is 23.8 Å². The largest absolute Gasteiger partial charge is 0.486 e. The summed E-state index contributed by atoms with van der Waals surface area (Å²) in [5.41, 5.74) is 6.14. The summed E-state index contributed by atoms with van der Waals surface area (Å²) in [5, 5.41) is 5.28. The Kier molecular flexibility index (Phi) is 5.67. The molecule has 4 N–H and O–H groups in total. The van der Waals surface area contributed by atoms with Crippen molar-refractivity contribution in [3.8, 4) is 11.5 Å². The number of hydrogen-bond acceptors (Lipinski definition) is 4. The molecule has 0 bridgehead atoms. The van der Waals surface area contributed by atoms with Crippen LogP contribution in [-0.4, -0.2) is 37.7 Å². The van der Waals surface area contributed by atoms with Gasteiger partial charge in [0, 0.05) is 6.54 Å². The van der Waals surface area contributed by atoms with Gasteiger partial charge in [-0.3, -0.25) is 4.79 Å². The predicted molar refractivity (Wildman–Crippen MR) is 85.5 cm³/mol. The number of carbonyl (C=O) groups excluding carboxylic acids is 2. The van der Waals surface area contributed by atoms with Gasteiger partial charge in [0.15, 0.2) is 11.5 Å². The van der Waals surface area contributed by atoms with Crippen LogP contribution >= 0.6 is 0 Å². The zero-order valence-electron chi connectivity index (χ0n) is 13.4. The Morgan fingerprint density at radius 3 is 2.57 bits per heavy atom. The van der Waals surface area contributed by atoms with Crippen LogP contribution in [0.15, 0.2) is 18.2 Å². The number of hydrogen-bond donors (Lipinski definition) is 3. The topological polar surface area (TPSA) is 103 Å². The van der Waals surface area contributed by atoms with Crippen LogP contribution in [0.4, 0.5) is 4.79 Å². The maximum Gasteiger partial charge on any atom is 0.312 e. The van der Waals surface area contributed by atoms with Gasteiger partial charge in [0.05, 0.1) is 0 Å². The van der Waals surface area contributed by atoms with Gasteiger partial charge in [-0.1, -0.05) is 19.9 Å². The number of ether oxygens (including phenoxy) is 2. The van der Waals surface area contributed by atoms with E-state index in [0.717, 1.165) is 17.1 Å². The van der Waals surface area contributed by atoms with Gasteiger partial charge in [-0.05, 0) is 30.0 Å². The van der Waals surface area contributed by atoms with Crippen LogP contribution in [0, 0.1) is 5.92 Å². The Bertz CT molecular complexity index is 574. The molecule has 1 aromatic rings. The highest BCUT2D eigenvalue weighted by atomic mass is 16.6. The van der Waals surface area contributed by atoms with Crippen molar-refractivity contribution >= 4 is 11.9 Å². The van der Waals surface area contributed by atoms with Gasteiger partial charge < -0.3 is 25.8 Å². The first-order valence-corrected chi connectivity index (χ1v) is 7.69. The van der Waals surface area contributed by atoms with E-state index >= 15 is 0 Å². The lowest BCUT2D eigenvalue weighted by Crippen LogP contribution is -2.51. The molecule has 1 aliphatic rings. The first-order valence-electron chi connectivity index (χ1n) is 7.69. The number of primary amides is 1. The molecule has 1 aromatic carbocycles. The molecule has 7 nitrogen and oxygen atoms in total. The van der Waals surface area contributed by atoms with Gasteiger partial charge in [-0.25, -0.2) is 4.79 Å². The third-order valence-corrected chi connectivity index (χ3v) is 3.57. The SMILES string of the molecule is CC(C)[C@@H](NC(N)=O)C(=O)NCCc1ccc2c(c1)OCCO2. The van der Waals surface area contributed by atoms with E-state index in [1.165, 1.54) is 0 Å². The van der Waals surface area contributed by atoms with Crippen LogP contribution in [-0.2, 0) is 11.2 Å². The Morgan fingerprint density at radius 2 is 1.91 bits per heavy atom. The fourth-order valence-corrected chi connectivity index (χ4v) is 2.37.